The van der Waals surface area contributed by atoms with E-state index in [-0.39, 0.29) is 12.3 Å². The van der Waals surface area contributed by atoms with Crippen LogP contribution in [-0.4, -0.2) is 15.9 Å². The number of aromatic nitrogens is 2. The molecule has 0 spiro atoms. The Hall–Kier alpha value is -3.18. The van der Waals surface area contributed by atoms with Gasteiger partial charge in [-0.25, -0.2) is 4.98 Å². The molecule has 5 nitrogen and oxygen atoms in total. The van der Waals surface area contributed by atoms with Crippen molar-refractivity contribution in [2.45, 2.75) is 19.3 Å². The first-order valence-electron chi connectivity index (χ1n) is 6.78. The average Bonchev–Trinajstić information content (AvgIpc) is 2.54. The number of nitrogens with zero attached hydrogens (tertiary/aromatic N) is 3. The number of rotatable bonds is 4. The maximum Gasteiger partial charge on any atom is 0.229 e. The van der Waals surface area contributed by atoms with Gasteiger partial charge in [0.15, 0.2) is 0 Å². The number of amides is 1. The van der Waals surface area contributed by atoms with Gasteiger partial charge in [-0.15, -0.1) is 0 Å². The van der Waals surface area contributed by atoms with Gasteiger partial charge in [0.1, 0.15) is 5.82 Å². The molecule has 0 bridgehead atoms. The molecule has 1 N–H and O–H groups in total. The first-order valence-corrected chi connectivity index (χ1v) is 6.78. The summed E-state index contributed by atoms with van der Waals surface area (Å²) in [7, 11) is 0. The Morgan fingerprint density at radius 2 is 2.00 bits per heavy atom. The summed E-state index contributed by atoms with van der Waals surface area (Å²) in [5, 5.41) is 11.1. The molecule has 2 aromatic rings. The molecule has 0 saturated carbocycles. The summed E-state index contributed by atoms with van der Waals surface area (Å²) in [6.45, 7) is 0. The molecule has 22 heavy (non-hydrogen) atoms. The molecule has 0 saturated heterocycles. The van der Waals surface area contributed by atoms with Crippen LogP contribution in [0, 0.1) is 23.2 Å². The van der Waals surface area contributed by atoms with Crippen LogP contribution in [0.1, 0.15) is 24.0 Å². The summed E-state index contributed by atoms with van der Waals surface area (Å²) in [6.07, 6.45) is 6.15. The average molecular weight is 290 g/mol. The maximum absolute atomic E-state index is 11.9. The molecule has 0 unspecified atom stereocenters. The topological polar surface area (TPSA) is 78.7 Å². The highest BCUT2D eigenvalue weighted by Crippen LogP contribution is 2.06. The van der Waals surface area contributed by atoms with Gasteiger partial charge in [0, 0.05) is 37.0 Å². The third-order valence-corrected chi connectivity index (χ3v) is 2.74. The Morgan fingerprint density at radius 3 is 2.68 bits per heavy atom. The molecule has 0 radical (unpaired) electrons. The largest absolute Gasteiger partial charge is 0.310 e. The molecular weight excluding hydrogens is 276 g/mol. The molecule has 5 heteroatoms. The van der Waals surface area contributed by atoms with Gasteiger partial charge < -0.3 is 5.32 Å². The van der Waals surface area contributed by atoms with Gasteiger partial charge in [0.25, 0.3) is 0 Å². The van der Waals surface area contributed by atoms with E-state index in [2.05, 4.69) is 27.1 Å². The van der Waals surface area contributed by atoms with Crippen molar-refractivity contribution in [2.24, 2.45) is 0 Å². The van der Waals surface area contributed by atoms with E-state index in [4.69, 9.17) is 5.26 Å². The Balaban J connectivity index is 1.89. The van der Waals surface area contributed by atoms with E-state index in [0.717, 1.165) is 11.1 Å². The standard InChI is InChI=1S/C17H14N4O/c18-9-3-1-2-4-15-5-6-16(20-13-15)21-17(22)12-14-7-10-19-11-8-14/h5-8,10-11,13H,1,3,12H2,(H,20,21,22). The fourth-order valence-electron chi connectivity index (χ4n) is 1.70. The van der Waals surface area contributed by atoms with E-state index in [1.807, 2.05) is 6.07 Å². The monoisotopic (exact) mass is 290 g/mol. The van der Waals surface area contributed by atoms with Gasteiger partial charge in [0.05, 0.1) is 12.5 Å². The third-order valence-electron chi connectivity index (χ3n) is 2.74. The molecule has 0 aliphatic rings. The number of carbonyl (C=O) groups excluding carboxylic acids is 1. The normalized spacial score (nSPS) is 9.23. The molecule has 2 rings (SSSR count). The van der Waals surface area contributed by atoms with Gasteiger partial charge >= 0.3 is 0 Å². The van der Waals surface area contributed by atoms with E-state index in [9.17, 15) is 4.79 Å². The van der Waals surface area contributed by atoms with Crippen molar-refractivity contribution < 1.29 is 4.79 Å². The van der Waals surface area contributed by atoms with Crippen LogP contribution >= 0.6 is 0 Å². The number of carbonyl (C=O) groups is 1. The molecule has 0 aliphatic heterocycles. The van der Waals surface area contributed by atoms with Gasteiger partial charge in [-0.05, 0) is 29.8 Å². The van der Waals surface area contributed by atoms with Crippen LogP contribution in [0.5, 0.6) is 0 Å². The Labute approximate surface area is 129 Å². The summed E-state index contributed by atoms with van der Waals surface area (Å²) >= 11 is 0. The second-order valence-electron chi connectivity index (χ2n) is 4.47. The van der Waals surface area contributed by atoms with Crippen LogP contribution in [0.4, 0.5) is 5.82 Å². The zero-order chi connectivity index (χ0) is 15.6. The number of anilines is 1. The van der Waals surface area contributed by atoms with Gasteiger partial charge in [-0.3, -0.25) is 9.78 Å². The summed E-state index contributed by atoms with van der Waals surface area (Å²) < 4.78 is 0. The highest BCUT2D eigenvalue weighted by molar-refractivity contribution is 5.91. The van der Waals surface area contributed by atoms with Crippen molar-refractivity contribution in [1.29, 1.82) is 5.26 Å². The highest BCUT2D eigenvalue weighted by atomic mass is 16.1. The van der Waals surface area contributed by atoms with Crippen LogP contribution in [0.2, 0.25) is 0 Å². The minimum absolute atomic E-state index is 0.133. The van der Waals surface area contributed by atoms with E-state index in [0.29, 0.717) is 18.7 Å². The zero-order valence-electron chi connectivity index (χ0n) is 11.9. The van der Waals surface area contributed by atoms with Crippen molar-refractivity contribution in [3.63, 3.8) is 0 Å². The van der Waals surface area contributed by atoms with Crippen molar-refractivity contribution in [3.8, 4) is 17.9 Å². The minimum atomic E-state index is -0.133. The molecule has 108 valence electrons. The quantitative estimate of drug-likeness (QED) is 0.692. The predicted molar refractivity (Wildman–Crippen MR) is 82.5 cm³/mol. The minimum Gasteiger partial charge on any atom is -0.310 e. The number of nitriles is 1. The fraction of sp³-hybridized carbons (Fsp3) is 0.176. The van der Waals surface area contributed by atoms with Gasteiger partial charge in [0.2, 0.25) is 5.91 Å². The SMILES string of the molecule is N#CCCC#Cc1ccc(NC(=O)Cc2ccncc2)nc1. The first-order chi connectivity index (χ1) is 10.8. The lowest BCUT2D eigenvalue weighted by molar-refractivity contribution is -0.115. The first kappa shape index (κ1) is 15.2. The molecule has 2 aromatic heterocycles. The molecule has 1 amide bonds. The summed E-state index contributed by atoms with van der Waals surface area (Å²) in [5.74, 6) is 6.16. The van der Waals surface area contributed by atoms with Crippen LogP contribution in [0.15, 0.2) is 42.9 Å². The lowest BCUT2D eigenvalue weighted by atomic mass is 10.2. The molecule has 0 aromatic carbocycles. The molecule has 2 heterocycles. The summed E-state index contributed by atoms with van der Waals surface area (Å²) in [5.41, 5.74) is 1.65. The lowest BCUT2D eigenvalue weighted by Crippen LogP contribution is -2.15. The van der Waals surface area contributed by atoms with Crippen LogP contribution in [-0.2, 0) is 11.2 Å². The third kappa shape index (κ3) is 5.07. The van der Waals surface area contributed by atoms with E-state index < -0.39 is 0 Å². The number of hydrogen-bond acceptors (Lipinski definition) is 4. The van der Waals surface area contributed by atoms with Crippen LogP contribution in [0.3, 0.4) is 0 Å². The second-order valence-corrected chi connectivity index (χ2v) is 4.47. The van der Waals surface area contributed by atoms with E-state index >= 15 is 0 Å². The molecule has 0 fully saturated rings. The van der Waals surface area contributed by atoms with Crippen molar-refractivity contribution in [2.75, 3.05) is 5.32 Å². The number of pyridine rings is 2. The Bertz CT molecular complexity index is 721. The Morgan fingerprint density at radius 1 is 1.18 bits per heavy atom. The van der Waals surface area contributed by atoms with Crippen LogP contribution in [0.25, 0.3) is 0 Å². The summed E-state index contributed by atoms with van der Waals surface area (Å²) in [6, 6.07) is 9.13. The fourth-order valence-corrected chi connectivity index (χ4v) is 1.70. The summed E-state index contributed by atoms with van der Waals surface area (Å²) in [4.78, 5) is 19.9. The lowest BCUT2D eigenvalue weighted by Gasteiger charge is -2.04. The number of unbranched alkanes of at least 4 members (excludes halogenated alkanes) is 1. The van der Waals surface area contributed by atoms with Crippen molar-refractivity contribution in [1.82, 2.24) is 9.97 Å². The van der Waals surface area contributed by atoms with E-state index in [1.54, 1.807) is 42.9 Å². The highest BCUT2D eigenvalue weighted by Gasteiger charge is 2.04. The molecule has 0 atom stereocenters. The van der Waals surface area contributed by atoms with Crippen molar-refractivity contribution >= 4 is 11.7 Å². The van der Waals surface area contributed by atoms with Gasteiger partial charge in [-0.2, -0.15) is 5.26 Å². The van der Waals surface area contributed by atoms with Crippen LogP contribution < -0.4 is 5.32 Å². The van der Waals surface area contributed by atoms with E-state index in [1.165, 1.54) is 0 Å². The predicted octanol–water partition coefficient (Wildman–Crippen LogP) is 2.31. The Kier molecular flexibility index (Phi) is 5.66. The zero-order valence-corrected chi connectivity index (χ0v) is 11.9. The molecule has 0 aliphatic carbocycles. The molecular formula is C17H14N4O. The number of hydrogen-bond donors (Lipinski definition) is 1. The maximum atomic E-state index is 11.9. The smallest absolute Gasteiger partial charge is 0.229 e. The van der Waals surface area contributed by atoms with Gasteiger partial charge in [-0.1, -0.05) is 11.8 Å². The van der Waals surface area contributed by atoms with Crippen molar-refractivity contribution in [3.05, 3.63) is 54.0 Å². The second kappa shape index (κ2) is 8.18. The number of nitrogens with one attached hydrogen (secondary N) is 1.